The molecular weight excluding hydrogens is 314 g/mol. The topological polar surface area (TPSA) is 127 Å². The highest BCUT2D eigenvalue weighted by Crippen LogP contribution is 2.17. The predicted octanol–water partition coefficient (Wildman–Crippen LogP) is 2.62. The van der Waals surface area contributed by atoms with Crippen LogP contribution in [0.2, 0.25) is 0 Å². The first kappa shape index (κ1) is 15.2. The van der Waals surface area contributed by atoms with Crippen molar-refractivity contribution in [2.75, 3.05) is 5.32 Å². The summed E-state index contributed by atoms with van der Waals surface area (Å²) in [5.41, 5.74) is 0.837. The van der Waals surface area contributed by atoms with Gasteiger partial charge < -0.3 is 4.42 Å². The van der Waals surface area contributed by atoms with Gasteiger partial charge in [-0.2, -0.15) is 4.98 Å². The highest BCUT2D eigenvalue weighted by Gasteiger charge is 2.11. The number of amides is 1. The summed E-state index contributed by atoms with van der Waals surface area (Å²) in [5, 5.41) is 19.6. The average molecular weight is 325 g/mol. The molecule has 9 nitrogen and oxygen atoms in total. The lowest BCUT2D eigenvalue weighted by atomic mass is 10.2. The molecule has 9 heteroatoms. The van der Waals surface area contributed by atoms with Crippen LogP contribution in [0.15, 0.2) is 53.0 Å². The van der Waals surface area contributed by atoms with Gasteiger partial charge in [-0.1, -0.05) is 30.3 Å². The number of hydrogen-bond acceptors (Lipinski definition) is 6. The van der Waals surface area contributed by atoms with Crippen LogP contribution < -0.4 is 5.32 Å². The minimum atomic E-state index is -0.657. The third kappa shape index (κ3) is 3.53. The zero-order valence-corrected chi connectivity index (χ0v) is 12.2. The molecule has 1 amide bonds. The summed E-state index contributed by atoms with van der Waals surface area (Å²) in [6.07, 6.45) is 2.48. The zero-order chi connectivity index (χ0) is 16.9. The second kappa shape index (κ2) is 6.57. The smallest absolute Gasteiger partial charge is 0.401 e. The van der Waals surface area contributed by atoms with Crippen LogP contribution in [-0.4, -0.2) is 26.0 Å². The lowest BCUT2D eigenvalue weighted by molar-refractivity contribution is -0.402. The fraction of sp³-hybridized carbons (Fsp3) is 0. The van der Waals surface area contributed by atoms with Crippen molar-refractivity contribution in [2.24, 2.45) is 0 Å². The molecule has 0 unspecified atom stereocenters. The van der Waals surface area contributed by atoms with Crippen molar-refractivity contribution in [3.05, 3.63) is 64.4 Å². The third-order valence-electron chi connectivity index (χ3n) is 2.96. The Morgan fingerprint density at radius 3 is 2.75 bits per heavy atom. The van der Waals surface area contributed by atoms with E-state index in [9.17, 15) is 14.9 Å². The molecule has 1 aromatic carbocycles. The van der Waals surface area contributed by atoms with Gasteiger partial charge in [-0.3, -0.25) is 25.3 Å². The fourth-order valence-electron chi connectivity index (χ4n) is 1.88. The molecule has 0 spiro atoms. The van der Waals surface area contributed by atoms with Gasteiger partial charge in [0.2, 0.25) is 5.95 Å². The molecule has 0 aliphatic carbocycles. The molecule has 0 atom stereocenters. The van der Waals surface area contributed by atoms with Crippen molar-refractivity contribution in [1.82, 2.24) is 15.2 Å². The molecule has 120 valence electrons. The van der Waals surface area contributed by atoms with E-state index in [1.807, 2.05) is 30.3 Å². The van der Waals surface area contributed by atoms with Crippen molar-refractivity contribution in [3.8, 4) is 11.4 Å². The summed E-state index contributed by atoms with van der Waals surface area (Å²) in [4.78, 5) is 25.8. The summed E-state index contributed by atoms with van der Waals surface area (Å²) >= 11 is 0. The van der Waals surface area contributed by atoms with Gasteiger partial charge in [-0.25, -0.2) is 0 Å². The maximum atomic E-state index is 11.8. The molecule has 0 bridgehead atoms. The minimum Gasteiger partial charge on any atom is -0.401 e. The SMILES string of the molecule is O=C(/C=C/c1ccc([N+](=O)[O-])o1)Nc1n[nH]c(-c2ccccc2)n1. The van der Waals surface area contributed by atoms with Crippen LogP contribution in [0, 0.1) is 10.1 Å². The summed E-state index contributed by atoms with van der Waals surface area (Å²) in [7, 11) is 0. The molecule has 3 rings (SSSR count). The molecule has 0 aliphatic heterocycles. The van der Waals surface area contributed by atoms with Gasteiger partial charge in [0.05, 0.1) is 6.07 Å². The van der Waals surface area contributed by atoms with Crippen LogP contribution in [0.4, 0.5) is 11.8 Å². The van der Waals surface area contributed by atoms with Crippen molar-refractivity contribution < 1.29 is 14.1 Å². The lowest BCUT2D eigenvalue weighted by Crippen LogP contribution is -2.09. The first-order valence-corrected chi connectivity index (χ1v) is 6.83. The van der Waals surface area contributed by atoms with E-state index in [4.69, 9.17) is 4.42 Å². The molecule has 0 saturated carbocycles. The number of carbonyl (C=O) groups excluding carboxylic acids is 1. The molecule has 0 aliphatic rings. The van der Waals surface area contributed by atoms with E-state index in [2.05, 4.69) is 20.5 Å². The largest absolute Gasteiger partial charge is 0.433 e. The van der Waals surface area contributed by atoms with Crippen LogP contribution in [0.1, 0.15) is 5.76 Å². The Bertz CT molecular complexity index is 897. The van der Waals surface area contributed by atoms with E-state index in [1.165, 1.54) is 24.3 Å². The summed E-state index contributed by atoms with van der Waals surface area (Å²) < 4.78 is 4.90. The second-order valence-electron chi connectivity index (χ2n) is 4.63. The highest BCUT2D eigenvalue weighted by atomic mass is 16.6. The van der Waals surface area contributed by atoms with E-state index in [1.54, 1.807) is 0 Å². The van der Waals surface area contributed by atoms with Gasteiger partial charge in [-0.15, -0.1) is 5.10 Å². The number of benzene rings is 1. The van der Waals surface area contributed by atoms with Crippen LogP contribution >= 0.6 is 0 Å². The number of aromatic amines is 1. The van der Waals surface area contributed by atoms with E-state index in [-0.39, 0.29) is 11.7 Å². The Kier molecular flexibility index (Phi) is 4.15. The standard InChI is InChI=1S/C15H11N5O4/c21-12(8-6-11-7-9-13(24-11)20(22)23)16-15-17-14(18-19-15)10-4-2-1-3-5-10/h1-9H,(H2,16,17,18,19,21)/b8-6+. The monoisotopic (exact) mass is 325 g/mol. The maximum Gasteiger partial charge on any atom is 0.433 e. The zero-order valence-electron chi connectivity index (χ0n) is 12.2. The van der Waals surface area contributed by atoms with Crippen LogP contribution in [0.3, 0.4) is 0 Å². The van der Waals surface area contributed by atoms with Gasteiger partial charge in [0.1, 0.15) is 10.7 Å². The van der Waals surface area contributed by atoms with Crippen molar-refractivity contribution >= 4 is 23.8 Å². The normalized spacial score (nSPS) is 10.8. The fourth-order valence-corrected chi connectivity index (χ4v) is 1.88. The average Bonchev–Trinajstić information content (AvgIpc) is 3.23. The first-order valence-electron chi connectivity index (χ1n) is 6.83. The van der Waals surface area contributed by atoms with Gasteiger partial charge in [0.25, 0.3) is 5.91 Å². The molecule has 2 N–H and O–H groups in total. The van der Waals surface area contributed by atoms with E-state index >= 15 is 0 Å². The van der Waals surface area contributed by atoms with Crippen LogP contribution in [-0.2, 0) is 4.79 Å². The number of carbonyl (C=O) groups is 1. The Morgan fingerprint density at radius 1 is 1.25 bits per heavy atom. The molecule has 3 aromatic rings. The molecule has 0 saturated heterocycles. The number of furan rings is 1. The Morgan fingerprint density at radius 2 is 2.04 bits per heavy atom. The Labute approximate surface area is 135 Å². The maximum absolute atomic E-state index is 11.8. The van der Waals surface area contributed by atoms with E-state index in [0.717, 1.165) is 5.56 Å². The summed E-state index contributed by atoms with van der Waals surface area (Å²) in [6.45, 7) is 0. The van der Waals surface area contributed by atoms with Crippen molar-refractivity contribution in [3.63, 3.8) is 0 Å². The predicted molar refractivity (Wildman–Crippen MR) is 84.8 cm³/mol. The number of H-pyrrole nitrogens is 1. The molecule has 24 heavy (non-hydrogen) atoms. The minimum absolute atomic E-state index is 0.119. The Hall–Kier alpha value is -3.75. The first-order chi connectivity index (χ1) is 11.6. The van der Waals surface area contributed by atoms with Gasteiger partial charge in [-0.05, 0) is 12.1 Å². The number of nitrogens with one attached hydrogen (secondary N) is 2. The lowest BCUT2D eigenvalue weighted by Gasteiger charge is -1.94. The van der Waals surface area contributed by atoms with E-state index < -0.39 is 16.7 Å². The van der Waals surface area contributed by atoms with Gasteiger partial charge >= 0.3 is 5.88 Å². The second-order valence-corrected chi connectivity index (χ2v) is 4.63. The molecule has 0 radical (unpaired) electrons. The molecule has 2 aromatic heterocycles. The van der Waals surface area contributed by atoms with Crippen LogP contribution in [0.25, 0.3) is 17.5 Å². The summed E-state index contributed by atoms with van der Waals surface area (Å²) in [6, 6.07) is 11.9. The van der Waals surface area contributed by atoms with Crippen LogP contribution in [0.5, 0.6) is 0 Å². The number of nitrogens with zero attached hydrogens (tertiary/aromatic N) is 3. The van der Waals surface area contributed by atoms with Gasteiger partial charge in [0, 0.05) is 11.6 Å². The summed E-state index contributed by atoms with van der Waals surface area (Å²) in [5.74, 6) is -0.0496. The van der Waals surface area contributed by atoms with E-state index in [0.29, 0.717) is 5.82 Å². The molecule has 0 fully saturated rings. The highest BCUT2D eigenvalue weighted by molar-refractivity contribution is 6.00. The number of hydrogen-bond donors (Lipinski definition) is 2. The number of aromatic nitrogens is 3. The third-order valence-corrected chi connectivity index (χ3v) is 2.96. The van der Waals surface area contributed by atoms with Crippen molar-refractivity contribution in [1.29, 1.82) is 0 Å². The molecule has 2 heterocycles. The van der Waals surface area contributed by atoms with Gasteiger partial charge in [0.15, 0.2) is 5.82 Å². The molecular formula is C15H11N5O4. The number of anilines is 1. The van der Waals surface area contributed by atoms with Crippen molar-refractivity contribution in [2.45, 2.75) is 0 Å². The quantitative estimate of drug-likeness (QED) is 0.422. The number of nitro groups is 1. The Balaban J connectivity index is 1.63. The number of rotatable bonds is 5.